The molecule has 0 unspecified atom stereocenters. The van der Waals surface area contributed by atoms with Crippen molar-refractivity contribution in [3.8, 4) is 11.6 Å². The summed E-state index contributed by atoms with van der Waals surface area (Å²) in [5.74, 6) is 1.41. The molecule has 3 fully saturated rings. The first-order valence-corrected chi connectivity index (χ1v) is 16.8. The first-order valence-electron chi connectivity index (χ1n) is 16.8. The molecule has 2 aromatic rings. The van der Waals surface area contributed by atoms with Crippen LogP contribution in [0.4, 0.5) is 4.79 Å². The molecule has 44 heavy (non-hydrogen) atoms. The van der Waals surface area contributed by atoms with E-state index in [-0.39, 0.29) is 5.97 Å². The van der Waals surface area contributed by atoms with E-state index < -0.39 is 5.60 Å². The number of hydrogen-bond acceptors (Lipinski definition) is 6. The smallest absolute Gasteiger partial charge is 0.338 e. The van der Waals surface area contributed by atoms with Crippen molar-refractivity contribution in [3.63, 3.8) is 0 Å². The van der Waals surface area contributed by atoms with Gasteiger partial charge in [-0.05, 0) is 95.0 Å². The van der Waals surface area contributed by atoms with Gasteiger partial charge in [-0.1, -0.05) is 39.7 Å². The van der Waals surface area contributed by atoms with Gasteiger partial charge in [-0.2, -0.15) is 0 Å². The highest BCUT2D eigenvalue weighted by atomic mass is 16.6. The van der Waals surface area contributed by atoms with Crippen molar-refractivity contribution in [1.82, 2.24) is 19.7 Å². The third-order valence-corrected chi connectivity index (χ3v) is 9.21. The second-order valence-corrected chi connectivity index (χ2v) is 14.3. The van der Waals surface area contributed by atoms with E-state index in [1.54, 1.807) is 24.3 Å². The first-order chi connectivity index (χ1) is 21.0. The van der Waals surface area contributed by atoms with Crippen LogP contribution >= 0.6 is 0 Å². The van der Waals surface area contributed by atoms with Crippen molar-refractivity contribution >= 4 is 12.0 Å². The Hall–Kier alpha value is -3.13. The number of urea groups is 1. The molecule has 1 saturated carbocycles. The zero-order valence-electron chi connectivity index (χ0n) is 27.7. The highest BCUT2D eigenvalue weighted by Crippen LogP contribution is 2.34. The van der Waals surface area contributed by atoms with Gasteiger partial charge in [0.25, 0.3) is 0 Å². The van der Waals surface area contributed by atoms with E-state index in [1.807, 2.05) is 26.8 Å². The number of aryl methyl sites for hydroxylation is 1. The molecule has 2 saturated heterocycles. The maximum Gasteiger partial charge on any atom is 0.338 e. The number of hydrogen-bond donors (Lipinski definition) is 0. The zero-order chi connectivity index (χ0) is 31.4. The molecule has 1 aromatic heterocycles. The van der Waals surface area contributed by atoms with E-state index in [2.05, 4.69) is 41.5 Å². The fourth-order valence-corrected chi connectivity index (χ4v) is 7.14. The number of carbonyl (C=O) groups is 2. The van der Waals surface area contributed by atoms with E-state index in [0.717, 1.165) is 57.6 Å². The van der Waals surface area contributed by atoms with Gasteiger partial charge >= 0.3 is 12.0 Å². The molecule has 2 aliphatic heterocycles. The number of piperidine rings is 1. The number of aromatic nitrogens is 1. The second kappa shape index (κ2) is 13.9. The topological polar surface area (TPSA) is 75.2 Å². The molecule has 0 bridgehead atoms. The van der Waals surface area contributed by atoms with E-state index in [1.165, 1.54) is 31.2 Å². The maximum absolute atomic E-state index is 13.7. The van der Waals surface area contributed by atoms with Gasteiger partial charge in [0.2, 0.25) is 5.88 Å². The van der Waals surface area contributed by atoms with Crippen molar-refractivity contribution in [3.05, 3.63) is 53.2 Å². The predicted molar refractivity (Wildman–Crippen MR) is 173 cm³/mol. The molecule has 8 nitrogen and oxygen atoms in total. The Labute approximate surface area is 264 Å². The van der Waals surface area contributed by atoms with E-state index in [0.29, 0.717) is 47.3 Å². The molecular weight excluding hydrogens is 552 g/mol. The van der Waals surface area contributed by atoms with Gasteiger partial charge in [0.15, 0.2) is 0 Å². The van der Waals surface area contributed by atoms with Crippen LogP contribution in [0.3, 0.4) is 0 Å². The largest absolute Gasteiger partial charge is 0.456 e. The number of benzene rings is 1. The average molecular weight is 605 g/mol. The summed E-state index contributed by atoms with van der Waals surface area (Å²) in [6.45, 7) is 16.0. The number of nitrogens with zero attached hydrogens (tertiary/aromatic N) is 4. The highest BCUT2D eigenvalue weighted by molar-refractivity contribution is 5.89. The Kier molecular flexibility index (Phi) is 10.2. The van der Waals surface area contributed by atoms with Crippen LogP contribution in [0.5, 0.6) is 11.6 Å². The van der Waals surface area contributed by atoms with Crippen LogP contribution in [0.2, 0.25) is 0 Å². The summed E-state index contributed by atoms with van der Waals surface area (Å²) in [6, 6.07) is 12.5. The van der Waals surface area contributed by atoms with Crippen LogP contribution in [0.15, 0.2) is 36.4 Å². The number of rotatable bonds is 10. The van der Waals surface area contributed by atoms with Crippen LogP contribution < -0.4 is 4.74 Å². The fraction of sp³-hybridized carbons (Fsp3) is 0.639. The van der Waals surface area contributed by atoms with Gasteiger partial charge in [0.1, 0.15) is 11.4 Å². The maximum atomic E-state index is 13.7. The van der Waals surface area contributed by atoms with Gasteiger partial charge in [-0.25, -0.2) is 14.6 Å². The minimum absolute atomic E-state index is 0.300. The lowest BCUT2D eigenvalue weighted by Gasteiger charge is -2.39. The fourth-order valence-electron chi connectivity index (χ4n) is 7.14. The zero-order valence-corrected chi connectivity index (χ0v) is 27.7. The van der Waals surface area contributed by atoms with Gasteiger partial charge in [0, 0.05) is 50.0 Å². The number of likely N-dealkylation sites (tertiary alicyclic amines) is 1. The van der Waals surface area contributed by atoms with Crippen LogP contribution in [0.1, 0.15) is 108 Å². The Morgan fingerprint density at radius 2 is 1.66 bits per heavy atom. The highest BCUT2D eigenvalue weighted by Gasteiger charge is 2.44. The molecule has 1 aromatic carbocycles. The Bertz CT molecular complexity index is 1270. The first kappa shape index (κ1) is 32.3. The van der Waals surface area contributed by atoms with Gasteiger partial charge in [0.05, 0.1) is 11.6 Å². The standard InChI is InChI=1S/C36H52N4O4/c1-7-32-27(14-17-33(37-32)43-31-15-12-26(13-16-31)34(41)44-36(4,5)6)23-38-20-18-29(19-21-38)40-30(22-25(2)3)24-39(35(40)42)28-10-8-9-11-28/h12-17,25,28-30H,7-11,18-24H2,1-6H3/t30-/m1/s1. The minimum Gasteiger partial charge on any atom is -0.456 e. The minimum atomic E-state index is -0.537. The van der Waals surface area contributed by atoms with Crippen molar-refractivity contribution in [1.29, 1.82) is 0 Å². The SMILES string of the molecule is CCc1nc(Oc2ccc(C(=O)OC(C)(C)C)cc2)ccc1CN1CCC(N2C(=O)N(C3CCCC3)C[C@H]2CC(C)C)CC1. The van der Waals surface area contributed by atoms with Crippen molar-refractivity contribution in [2.75, 3.05) is 19.6 Å². The quantitative estimate of drug-likeness (QED) is 0.262. The van der Waals surface area contributed by atoms with E-state index in [9.17, 15) is 9.59 Å². The predicted octanol–water partition coefficient (Wildman–Crippen LogP) is 7.45. The molecule has 0 spiro atoms. The molecule has 8 heteroatoms. The Morgan fingerprint density at radius 1 is 0.977 bits per heavy atom. The lowest BCUT2D eigenvalue weighted by atomic mass is 9.97. The summed E-state index contributed by atoms with van der Waals surface area (Å²) < 4.78 is 11.5. The van der Waals surface area contributed by atoms with Gasteiger partial charge < -0.3 is 19.3 Å². The Balaban J connectivity index is 1.17. The van der Waals surface area contributed by atoms with Crippen LogP contribution in [0, 0.1) is 5.92 Å². The van der Waals surface area contributed by atoms with E-state index in [4.69, 9.17) is 14.5 Å². The van der Waals surface area contributed by atoms with E-state index >= 15 is 0 Å². The lowest BCUT2D eigenvalue weighted by molar-refractivity contribution is 0.00694. The molecule has 240 valence electrons. The molecule has 2 amide bonds. The number of amides is 2. The third-order valence-electron chi connectivity index (χ3n) is 9.21. The molecule has 3 heterocycles. The summed E-state index contributed by atoms with van der Waals surface area (Å²) in [4.78, 5) is 37.9. The molecule has 5 rings (SSSR count). The molecule has 0 radical (unpaired) electrons. The van der Waals surface area contributed by atoms with Crippen molar-refractivity contribution < 1.29 is 19.1 Å². The molecule has 3 aliphatic rings. The summed E-state index contributed by atoms with van der Waals surface area (Å²) >= 11 is 0. The van der Waals surface area contributed by atoms with Gasteiger partial charge in [-0.15, -0.1) is 0 Å². The normalized spacial score (nSPS) is 20.6. The Morgan fingerprint density at radius 3 is 2.27 bits per heavy atom. The molecule has 1 atom stereocenters. The second-order valence-electron chi connectivity index (χ2n) is 14.3. The number of pyridine rings is 1. The third kappa shape index (κ3) is 7.92. The summed E-state index contributed by atoms with van der Waals surface area (Å²) in [6.07, 6.45) is 8.80. The van der Waals surface area contributed by atoms with Crippen LogP contribution in [0.25, 0.3) is 0 Å². The van der Waals surface area contributed by atoms with Gasteiger partial charge in [-0.3, -0.25) is 4.90 Å². The van der Waals surface area contributed by atoms with Crippen molar-refractivity contribution in [2.45, 2.75) is 123 Å². The monoisotopic (exact) mass is 604 g/mol. The lowest BCUT2D eigenvalue weighted by Crippen LogP contribution is -2.49. The average Bonchev–Trinajstić information content (AvgIpc) is 3.61. The summed E-state index contributed by atoms with van der Waals surface area (Å²) in [5, 5.41) is 0. The molecular formula is C36H52N4O4. The van der Waals surface area contributed by atoms with Crippen molar-refractivity contribution in [2.24, 2.45) is 5.92 Å². The number of esters is 1. The number of ether oxygens (including phenoxy) is 2. The summed E-state index contributed by atoms with van der Waals surface area (Å²) in [5.41, 5.74) is 2.21. The molecule has 1 aliphatic carbocycles. The summed E-state index contributed by atoms with van der Waals surface area (Å²) in [7, 11) is 0. The number of carbonyl (C=O) groups excluding carboxylic acids is 2. The van der Waals surface area contributed by atoms with Crippen LogP contribution in [-0.2, 0) is 17.7 Å². The van der Waals surface area contributed by atoms with Crippen LogP contribution in [-0.4, -0.2) is 75.0 Å². The molecule has 0 N–H and O–H groups in total.